The summed E-state index contributed by atoms with van der Waals surface area (Å²) < 4.78 is 0. The minimum atomic E-state index is 0. The molecule has 0 spiro atoms. The van der Waals surface area contributed by atoms with Crippen LogP contribution < -0.4 is 6.15 Å². The molecule has 0 heterocycles. The highest BCUT2D eigenvalue weighted by Crippen LogP contribution is 1.95. The first-order valence-corrected chi connectivity index (χ1v) is 5.83. The van der Waals surface area contributed by atoms with Gasteiger partial charge in [-0.2, -0.15) is 0 Å². The van der Waals surface area contributed by atoms with Crippen molar-refractivity contribution in [2.75, 3.05) is 0 Å². The van der Waals surface area contributed by atoms with E-state index in [4.69, 9.17) is 0 Å². The Morgan fingerprint density at radius 1 is 0.462 bits per heavy atom. The van der Waals surface area contributed by atoms with Crippen molar-refractivity contribution in [2.24, 2.45) is 0 Å². The maximum absolute atomic E-state index is 2.23. The van der Waals surface area contributed by atoms with Crippen LogP contribution in [0.5, 0.6) is 0 Å². The molecule has 3 N–H and O–H groups in total. The summed E-state index contributed by atoms with van der Waals surface area (Å²) >= 11 is 0. The lowest BCUT2D eigenvalue weighted by Gasteiger charge is -1.86. The third-order valence-electron chi connectivity index (χ3n) is 1.91. The van der Waals surface area contributed by atoms with Crippen LogP contribution in [0.3, 0.4) is 0 Å². The van der Waals surface area contributed by atoms with E-state index in [9.17, 15) is 0 Å². The van der Waals surface area contributed by atoms with E-state index < -0.39 is 0 Å². The molecular weight excluding hydrogens is 158 g/mol. The second-order valence-electron chi connectivity index (χ2n) is 3.41. The van der Waals surface area contributed by atoms with Crippen LogP contribution in [0.25, 0.3) is 0 Å². The summed E-state index contributed by atoms with van der Waals surface area (Å²) in [6, 6.07) is 0. The van der Waals surface area contributed by atoms with Crippen molar-refractivity contribution < 1.29 is 0 Å². The summed E-state index contributed by atoms with van der Waals surface area (Å²) in [7, 11) is 0. The molecule has 0 aliphatic rings. The zero-order valence-electron chi connectivity index (χ0n) is 10.4. The van der Waals surface area contributed by atoms with E-state index >= 15 is 0 Å². The molecule has 0 saturated heterocycles. The molecule has 84 valence electrons. The van der Waals surface area contributed by atoms with Crippen LogP contribution in [-0.4, -0.2) is 0 Å². The summed E-state index contributed by atoms with van der Waals surface area (Å²) in [5.41, 5.74) is 0. The predicted molar refractivity (Wildman–Crippen MR) is 64.7 cm³/mol. The Kier molecular flexibility index (Phi) is 32.6. The highest BCUT2D eigenvalue weighted by Gasteiger charge is 1.75. The van der Waals surface area contributed by atoms with E-state index in [0.29, 0.717) is 0 Å². The first-order valence-electron chi connectivity index (χ1n) is 5.83. The van der Waals surface area contributed by atoms with Gasteiger partial charge in [0.25, 0.3) is 0 Å². The van der Waals surface area contributed by atoms with Crippen LogP contribution >= 0.6 is 0 Å². The number of rotatable bonds is 6. The van der Waals surface area contributed by atoms with Gasteiger partial charge in [-0.15, -0.1) is 0 Å². The molecule has 0 aromatic carbocycles. The van der Waals surface area contributed by atoms with Gasteiger partial charge >= 0.3 is 0 Å². The van der Waals surface area contributed by atoms with E-state index in [-0.39, 0.29) is 6.15 Å². The Morgan fingerprint density at radius 2 is 0.615 bits per heavy atom. The van der Waals surface area contributed by atoms with Gasteiger partial charge < -0.3 is 6.15 Å². The number of unbranched alkanes of at least 4 members (excludes halogenated alkanes) is 6. The molecule has 0 unspecified atom stereocenters. The van der Waals surface area contributed by atoms with Gasteiger partial charge in [-0.25, -0.2) is 0 Å². The van der Waals surface area contributed by atoms with Crippen molar-refractivity contribution in [3.05, 3.63) is 0 Å². The molecule has 0 aromatic heterocycles. The Balaban J connectivity index is -0.000000143. The Hall–Kier alpha value is -0.0400. The Morgan fingerprint density at radius 3 is 0.692 bits per heavy atom. The fourth-order valence-electron chi connectivity index (χ4n) is 1.000. The van der Waals surface area contributed by atoms with Gasteiger partial charge in [0.2, 0.25) is 0 Å². The largest absolute Gasteiger partial charge is 0.344 e. The lowest BCUT2D eigenvalue weighted by molar-refractivity contribution is 0.702. The molecule has 0 radical (unpaired) electrons. The molecule has 0 aliphatic carbocycles. The lowest BCUT2D eigenvalue weighted by atomic mass is 10.2. The van der Waals surface area contributed by atoms with Gasteiger partial charge in [-0.1, -0.05) is 79.1 Å². The van der Waals surface area contributed by atoms with Crippen molar-refractivity contribution in [3.8, 4) is 0 Å². The Bertz CT molecular complexity index is 37.1. The van der Waals surface area contributed by atoms with E-state index in [1.807, 2.05) is 0 Å². The monoisotopic (exact) mass is 189 g/mol. The van der Waals surface area contributed by atoms with Crippen LogP contribution in [0, 0.1) is 0 Å². The van der Waals surface area contributed by atoms with Crippen molar-refractivity contribution in [1.29, 1.82) is 0 Å². The van der Waals surface area contributed by atoms with Crippen molar-refractivity contribution >= 4 is 0 Å². The number of hydrogen-bond acceptors (Lipinski definition) is 1. The van der Waals surface area contributed by atoms with Crippen molar-refractivity contribution in [1.82, 2.24) is 6.15 Å². The predicted octanol–water partition coefficient (Wildman–Crippen LogP) is 5.34. The van der Waals surface area contributed by atoms with Crippen LogP contribution in [0.15, 0.2) is 0 Å². The van der Waals surface area contributed by atoms with Crippen LogP contribution in [0.2, 0.25) is 0 Å². The van der Waals surface area contributed by atoms with Gasteiger partial charge in [-0.3, -0.25) is 0 Å². The van der Waals surface area contributed by atoms with Crippen LogP contribution in [-0.2, 0) is 0 Å². The van der Waals surface area contributed by atoms with E-state index in [1.165, 1.54) is 51.4 Å². The fraction of sp³-hybridized carbons (Fsp3) is 1.00. The SMILES string of the molecule is CCCCCC.CCCCCC.N. The smallest absolute Gasteiger partial charge is 0.0536 e. The first kappa shape index (κ1) is 18.7. The molecule has 0 aromatic rings. The highest BCUT2D eigenvalue weighted by atomic mass is 14.0. The molecule has 1 heteroatoms. The van der Waals surface area contributed by atoms with Crippen LogP contribution in [0.1, 0.15) is 79.1 Å². The molecular formula is C12H31N. The summed E-state index contributed by atoms with van der Waals surface area (Å²) in [5, 5.41) is 0. The second-order valence-corrected chi connectivity index (χ2v) is 3.41. The van der Waals surface area contributed by atoms with E-state index in [1.54, 1.807) is 0 Å². The quantitative estimate of drug-likeness (QED) is 0.563. The number of hydrogen-bond donors (Lipinski definition) is 1. The van der Waals surface area contributed by atoms with E-state index in [2.05, 4.69) is 27.7 Å². The first-order chi connectivity index (χ1) is 5.83. The molecule has 0 amide bonds. The molecule has 0 aliphatic heterocycles. The third kappa shape index (κ3) is 33.4. The van der Waals surface area contributed by atoms with Crippen molar-refractivity contribution in [3.63, 3.8) is 0 Å². The normalized spacial score (nSPS) is 8.31. The molecule has 0 rings (SSSR count). The zero-order valence-corrected chi connectivity index (χ0v) is 10.4. The summed E-state index contributed by atoms with van der Waals surface area (Å²) in [6.07, 6.45) is 11.1. The molecule has 0 saturated carbocycles. The van der Waals surface area contributed by atoms with Gasteiger partial charge in [0.1, 0.15) is 0 Å². The molecule has 0 bridgehead atoms. The maximum atomic E-state index is 2.23. The van der Waals surface area contributed by atoms with Gasteiger partial charge in [0.05, 0.1) is 0 Å². The van der Waals surface area contributed by atoms with Gasteiger partial charge in [0, 0.05) is 0 Å². The molecule has 1 nitrogen and oxygen atoms in total. The summed E-state index contributed by atoms with van der Waals surface area (Å²) in [5.74, 6) is 0. The minimum absolute atomic E-state index is 0. The minimum Gasteiger partial charge on any atom is -0.344 e. The van der Waals surface area contributed by atoms with Gasteiger partial charge in [-0.05, 0) is 0 Å². The lowest BCUT2D eigenvalue weighted by Crippen LogP contribution is -1.66. The second kappa shape index (κ2) is 22.7. The fourth-order valence-corrected chi connectivity index (χ4v) is 1.000. The molecule has 13 heavy (non-hydrogen) atoms. The third-order valence-corrected chi connectivity index (χ3v) is 1.91. The highest BCUT2D eigenvalue weighted by molar-refractivity contribution is 4.31. The molecule has 0 fully saturated rings. The van der Waals surface area contributed by atoms with Crippen molar-refractivity contribution in [2.45, 2.75) is 79.1 Å². The average molecular weight is 189 g/mol. The summed E-state index contributed by atoms with van der Waals surface area (Å²) in [6.45, 7) is 8.93. The molecule has 0 atom stereocenters. The van der Waals surface area contributed by atoms with E-state index in [0.717, 1.165) is 0 Å². The maximum Gasteiger partial charge on any atom is -0.0536 e. The topological polar surface area (TPSA) is 35.0 Å². The Labute approximate surface area is 85.9 Å². The van der Waals surface area contributed by atoms with Gasteiger partial charge in [0.15, 0.2) is 0 Å². The average Bonchev–Trinajstić information content (AvgIpc) is 2.12. The summed E-state index contributed by atoms with van der Waals surface area (Å²) in [4.78, 5) is 0. The zero-order chi connectivity index (χ0) is 9.66. The standard InChI is InChI=1S/2C6H14.H3N/c2*1-3-5-6-4-2;/h2*3-6H2,1-2H3;1H3. The van der Waals surface area contributed by atoms with Crippen LogP contribution in [0.4, 0.5) is 0 Å².